The van der Waals surface area contributed by atoms with Gasteiger partial charge in [0.05, 0.1) is 25.6 Å². The summed E-state index contributed by atoms with van der Waals surface area (Å²) in [5, 5.41) is 2.77. The normalized spacial score (nSPS) is 19.0. The van der Waals surface area contributed by atoms with Crippen LogP contribution >= 0.6 is 0 Å². The maximum Gasteiger partial charge on any atom is 0.387 e. The van der Waals surface area contributed by atoms with Gasteiger partial charge in [-0.25, -0.2) is 13.8 Å². The molecule has 0 radical (unpaired) electrons. The number of carbonyl (C=O) groups is 1. The van der Waals surface area contributed by atoms with E-state index in [4.69, 9.17) is 14.2 Å². The van der Waals surface area contributed by atoms with Gasteiger partial charge in [-0.1, -0.05) is 0 Å². The third-order valence-electron chi connectivity index (χ3n) is 6.41. The molecule has 0 saturated heterocycles. The molecule has 1 atom stereocenters. The fourth-order valence-electron chi connectivity index (χ4n) is 4.46. The monoisotopic (exact) mass is 507 g/mol. The minimum absolute atomic E-state index is 0.0154. The summed E-state index contributed by atoms with van der Waals surface area (Å²) >= 11 is 0. The van der Waals surface area contributed by atoms with Gasteiger partial charge in [0.25, 0.3) is 5.91 Å². The number of fused-ring (bicyclic) bond motifs is 1. The number of nitrogens with zero attached hydrogens (tertiary/aromatic N) is 2. The van der Waals surface area contributed by atoms with Crippen molar-refractivity contribution in [2.75, 3.05) is 13.7 Å². The Labute approximate surface area is 204 Å². The summed E-state index contributed by atoms with van der Waals surface area (Å²) in [5.74, 6) is -3.11. The number of aromatic nitrogens is 2. The first-order valence-electron chi connectivity index (χ1n) is 11.7. The summed E-state index contributed by atoms with van der Waals surface area (Å²) in [6.45, 7) is -2.95. The highest BCUT2D eigenvalue weighted by molar-refractivity contribution is 6.01. The maximum atomic E-state index is 13.4. The van der Waals surface area contributed by atoms with Crippen molar-refractivity contribution in [3.8, 4) is 28.5 Å². The van der Waals surface area contributed by atoms with Crippen LogP contribution in [0.3, 0.4) is 0 Å². The molecule has 1 unspecified atom stereocenters. The molecule has 0 aliphatic heterocycles. The van der Waals surface area contributed by atoms with E-state index in [-0.39, 0.29) is 48.5 Å². The van der Waals surface area contributed by atoms with Gasteiger partial charge in [-0.05, 0) is 43.4 Å². The maximum absolute atomic E-state index is 13.4. The van der Waals surface area contributed by atoms with Crippen molar-refractivity contribution < 1.29 is 36.6 Å². The molecule has 2 fully saturated rings. The summed E-state index contributed by atoms with van der Waals surface area (Å²) in [7, 11) is 1.34. The molecule has 1 amide bonds. The molecule has 1 aromatic carbocycles. The number of amides is 1. The number of imidazole rings is 1. The predicted molar refractivity (Wildman–Crippen MR) is 122 cm³/mol. The highest BCUT2D eigenvalue weighted by Crippen LogP contribution is 2.39. The van der Waals surface area contributed by atoms with Crippen molar-refractivity contribution in [3.63, 3.8) is 0 Å². The molecule has 2 aliphatic rings. The minimum atomic E-state index is -3.14. The zero-order valence-corrected chi connectivity index (χ0v) is 19.5. The van der Waals surface area contributed by atoms with Crippen LogP contribution in [0.25, 0.3) is 16.9 Å². The third kappa shape index (κ3) is 5.19. The van der Waals surface area contributed by atoms with Gasteiger partial charge in [-0.2, -0.15) is 8.78 Å². The summed E-state index contributed by atoms with van der Waals surface area (Å²) in [5.41, 5.74) is 1.39. The fourth-order valence-corrected chi connectivity index (χ4v) is 4.46. The number of carbonyl (C=O) groups excluding carboxylic acids is 1. The molecular formula is C25H25F4N3O4. The van der Waals surface area contributed by atoms with Gasteiger partial charge in [0.15, 0.2) is 0 Å². The standard InChI is InChI=1S/C25H25F4N3O4/c1-34-19-8-15(9-20(36-24(26)27)22(19)23(33)31-16-2-3-16)18-12-30-21-10-17(5-7-32(18)21)35-13-14-4-6-25(28,29)11-14/h5,7-10,12,14,16,24H,2-4,6,11,13H2,1H3,(H,31,33). The summed E-state index contributed by atoms with van der Waals surface area (Å²) in [6, 6.07) is 6.28. The molecule has 0 spiro atoms. The Balaban J connectivity index is 1.42. The summed E-state index contributed by atoms with van der Waals surface area (Å²) in [6.07, 6.45) is 5.01. The quantitative estimate of drug-likeness (QED) is 0.397. The van der Waals surface area contributed by atoms with E-state index in [1.165, 1.54) is 13.2 Å². The number of hydrogen-bond acceptors (Lipinski definition) is 5. The van der Waals surface area contributed by atoms with Crippen LogP contribution in [0.5, 0.6) is 17.2 Å². The second-order valence-corrected chi connectivity index (χ2v) is 9.19. The van der Waals surface area contributed by atoms with Crippen molar-refractivity contribution in [1.29, 1.82) is 0 Å². The lowest BCUT2D eigenvalue weighted by atomic mass is 10.1. The zero-order valence-electron chi connectivity index (χ0n) is 19.5. The van der Waals surface area contributed by atoms with E-state index in [0.717, 1.165) is 12.8 Å². The van der Waals surface area contributed by atoms with Crippen molar-refractivity contribution in [2.24, 2.45) is 5.92 Å². The van der Waals surface area contributed by atoms with E-state index in [2.05, 4.69) is 10.3 Å². The van der Waals surface area contributed by atoms with Crippen LogP contribution in [0.2, 0.25) is 0 Å². The molecular weight excluding hydrogens is 482 g/mol. The number of halogens is 4. The highest BCUT2D eigenvalue weighted by Gasteiger charge is 2.39. The second kappa shape index (κ2) is 9.51. The molecule has 192 valence electrons. The Morgan fingerprint density at radius 1 is 1.22 bits per heavy atom. The molecule has 2 aliphatic carbocycles. The van der Waals surface area contributed by atoms with Crippen LogP contribution in [0, 0.1) is 5.92 Å². The molecule has 1 N–H and O–H groups in total. The van der Waals surface area contributed by atoms with Crippen molar-refractivity contribution >= 4 is 11.6 Å². The number of hydrogen-bond donors (Lipinski definition) is 1. The van der Waals surface area contributed by atoms with Crippen LogP contribution in [0.15, 0.2) is 36.7 Å². The Morgan fingerprint density at radius 3 is 2.67 bits per heavy atom. The second-order valence-electron chi connectivity index (χ2n) is 9.19. The number of pyridine rings is 1. The van der Waals surface area contributed by atoms with Gasteiger partial charge >= 0.3 is 6.61 Å². The molecule has 3 aromatic rings. The number of ether oxygens (including phenoxy) is 3. The van der Waals surface area contributed by atoms with Gasteiger partial charge in [0.2, 0.25) is 5.92 Å². The van der Waals surface area contributed by atoms with Crippen LogP contribution in [-0.4, -0.2) is 47.6 Å². The van der Waals surface area contributed by atoms with Gasteiger partial charge in [0, 0.05) is 36.7 Å². The van der Waals surface area contributed by atoms with E-state index in [1.807, 2.05) is 0 Å². The fraction of sp³-hybridized carbons (Fsp3) is 0.440. The lowest BCUT2D eigenvalue weighted by molar-refractivity contribution is -0.0502. The number of nitrogens with one attached hydrogen (secondary N) is 1. The number of rotatable bonds is 9. The molecule has 2 aromatic heterocycles. The van der Waals surface area contributed by atoms with Crippen LogP contribution in [-0.2, 0) is 0 Å². The predicted octanol–water partition coefficient (Wildman–Crippen LogP) is 5.32. The van der Waals surface area contributed by atoms with Gasteiger partial charge in [0.1, 0.15) is 28.5 Å². The average molecular weight is 507 g/mol. The molecule has 0 bridgehead atoms. The van der Waals surface area contributed by atoms with E-state index in [0.29, 0.717) is 29.1 Å². The minimum Gasteiger partial charge on any atom is -0.496 e. The van der Waals surface area contributed by atoms with E-state index >= 15 is 0 Å². The molecule has 2 saturated carbocycles. The number of methoxy groups -OCH3 is 1. The average Bonchev–Trinajstić information content (AvgIpc) is 3.42. The summed E-state index contributed by atoms with van der Waals surface area (Å²) in [4.78, 5) is 17.1. The van der Waals surface area contributed by atoms with Crippen molar-refractivity contribution in [2.45, 2.75) is 50.7 Å². The Bertz CT molecular complexity index is 1280. The SMILES string of the molecule is COc1cc(-c2cnc3cc(OCC4CCC(F)(F)C4)ccn23)cc(OC(F)F)c1C(=O)NC1CC1. The largest absolute Gasteiger partial charge is 0.496 e. The zero-order chi connectivity index (χ0) is 25.4. The van der Waals surface area contributed by atoms with Crippen LogP contribution in [0.4, 0.5) is 17.6 Å². The van der Waals surface area contributed by atoms with Crippen molar-refractivity contribution in [1.82, 2.24) is 14.7 Å². The topological polar surface area (TPSA) is 74.1 Å². The molecule has 36 heavy (non-hydrogen) atoms. The first kappa shape index (κ1) is 24.2. The van der Waals surface area contributed by atoms with Crippen molar-refractivity contribution in [3.05, 3.63) is 42.2 Å². The number of benzene rings is 1. The van der Waals surface area contributed by atoms with Gasteiger partial charge in [-0.3, -0.25) is 9.20 Å². The first-order valence-corrected chi connectivity index (χ1v) is 11.7. The highest BCUT2D eigenvalue weighted by atomic mass is 19.3. The molecule has 11 heteroatoms. The molecule has 7 nitrogen and oxygen atoms in total. The summed E-state index contributed by atoms with van der Waals surface area (Å²) < 4.78 is 70.8. The van der Waals surface area contributed by atoms with Gasteiger partial charge < -0.3 is 19.5 Å². The van der Waals surface area contributed by atoms with E-state index in [1.54, 1.807) is 35.0 Å². The van der Waals surface area contributed by atoms with E-state index in [9.17, 15) is 22.4 Å². The van der Waals surface area contributed by atoms with Crippen LogP contribution < -0.4 is 19.5 Å². The third-order valence-corrected chi connectivity index (χ3v) is 6.41. The van der Waals surface area contributed by atoms with Gasteiger partial charge in [-0.15, -0.1) is 0 Å². The first-order chi connectivity index (χ1) is 17.2. The lowest BCUT2D eigenvalue weighted by Crippen LogP contribution is -2.26. The number of alkyl halides is 4. The Morgan fingerprint density at radius 2 is 2.00 bits per heavy atom. The lowest BCUT2D eigenvalue weighted by Gasteiger charge is -2.16. The van der Waals surface area contributed by atoms with Crippen LogP contribution in [0.1, 0.15) is 42.5 Å². The van der Waals surface area contributed by atoms with E-state index < -0.39 is 18.4 Å². The molecule has 2 heterocycles. The Hall–Kier alpha value is -3.50. The Kier molecular flexibility index (Phi) is 6.40. The smallest absolute Gasteiger partial charge is 0.387 e. The molecule has 5 rings (SSSR count).